The highest BCUT2D eigenvalue weighted by molar-refractivity contribution is 7.53. The molecule has 1 unspecified atom stereocenters. The average Bonchev–Trinajstić information content (AvgIpc) is 2.18. The molecule has 0 saturated carbocycles. The largest absolute Gasteiger partial charge is 0.497 e. The summed E-state index contributed by atoms with van der Waals surface area (Å²) in [6.07, 6.45) is 1.78. The van der Waals surface area contributed by atoms with Gasteiger partial charge in [0.05, 0.1) is 7.11 Å². The molecule has 0 saturated heterocycles. The molecule has 3 heteroatoms. The summed E-state index contributed by atoms with van der Waals surface area (Å²) in [6, 6.07) is 7.48. The average molecular weight is 198 g/mol. The van der Waals surface area contributed by atoms with Crippen molar-refractivity contribution in [3.8, 4) is 5.75 Å². The predicted octanol–water partition coefficient (Wildman–Crippen LogP) is 2.29. The van der Waals surface area contributed by atoms with E-state index >= 15 is 0 Å². The second kappa shape index (κ2) is 5.08. The molecule has 0 spiro atoms. The Balaban J connectivity index is 2.74. The highest BCUT2D eigenvalue weighted by Crippen LogP contribution is 2.21. The molecule has 0 amide bonds. The van der Waals surface area contributed by atoms with Crippen molar-refractivity contribution in [3.05, 3.63) is 24.3 Å². The maximum Gasteiger partial charge on any atom is 0.118 e. The van der Waals surface area contributed by atoms with Gasteiger partial charge < -0.3 is 9.30 Å². The third kappa shape index (κ3) is 2.89. The van der Waals surface area contributed by atoms with E-state index in [2.05, 4.69) is 0 Å². The zero-order chi connectivity index (χ0) is 9.68. The minimum absolute atomic E-state index is 0.803. The van der Waals surface area contributed by atoms with E-state index in [-0.39, 0.29) is 0 Å². The molecule has 1 rings (SSSR count). The number of methoxy groups -OCH3 is 1. The summed E-state index contributed by atoms with van der Waals surface area (Å²) in [4.78, 5) is 0. The number of hydrogen-bond acceptors (Lipinski definition) is 2. The fourth-order valence-electron chi connectivity index (χ4n) is 1.15. The molecule has 1 atom stereocenters. The van der Waals surface area contributed by atoms with Crippen LogP contribution in [0.25, 0.3) is 0 Å². The molecule has 0 aliphatic carbocycles. The topological polar surface area (TPSA) is 26.3 Å². The number of ether oxygens (including phenoxy) is 1. The summed E-state index contributed by atoms with van der Waals surface area (Å²) < 4.78 is 16.6. The number of hydrogen-bond donors (Lipinski definition) is 0. The van der Waals surface area contributed by atoms with Crippen molar-refractivity contribution in [1.82, 2.24) is 0 Å². The van der Waals surface area contributed by atoms with E-state index in [0.717, 1.165) is 23.6 Å². The van der Waals surface area contributed by atoms with Crippen molar-refractivity contribution >= 4 is 13.1 Å². The van der Waals surface area contributed by atoms with E-state index in [1.54, 1.807) is 7.11 Å². The summed E-state index contributed by atoms with van der Waals surface area (Å²) in [6.45, 7) is 2.05. The third-order valence-corrected chi connectivity index (χ3v) is 3.82. The van der Waals surface area contributed by atoms with Crippen LogP contribution in [0.1, 0.15) is 13.3 Å². The van der Waals surface area contributed by atoms with Gasteiger partial charge in [0.25, 0.3) is 0 Å². The standard InChI is InChI=1S/C10H15O2P/c1-3-8-13(11)10-6-4-9(12-2)5-7-10/h4-7,13H,3,8H2,1-2H3. The van der Waals surface area contributed by atoms with Gasteiger partial charge in [0.15, 0.2) is 0 Å². The molecule has 0 radical (unpaired) electrons. The van der Waals surface area contributed by atoms with Crippen LogP contribution >= 0.6 is 7.80 Å². The Kier molecular flexibility index (Phi) is 4.04. The molecule has 1 aromatic carbocycles. The Labute approximate surface area is 79.7 Å². The van der Waals surface area contributed by atoms with Crippen LogP contribution in [-0.2, 0) is 4.57 Å². The third-order valence-electron chi connectivity index (χ3n) is 1.89. The zero-order valence-corrected chi connectivity index (χ0v) is 9.04. The minimum atomic E-state index is -1.55. The molecule has 0 fully saturated rings. The van der Waals surface area contributed by atoms with Gasteiger partial charge in [-0.25, -0.2) is 0 Å². The SMILES string of the molecule is CCC[PH](=O)c1ccc(OC)cc1. The first-order valence-electron chi connectivity index (χ1n) is 4.45. The van der Waals surface area contributed by atoms with Gasteiger partial charge in [-0.05, 0) is 30.7 Å². The molecular formula is C10H15O2P. The fraction of sp³-hybridized carbons (Fsp3) is 0.400. The van der Waals surface area contributed by atoms with Gasteiger partial charge in [0.1, 0.15) is 13.6 Å². The molecule has 72 valence electrons. The van der Waals surface area contributed by atoms with Crippen molar-refractivity contribution < 1.29 is 9.30 Å². The van der Waals surface area contributed by atoms with Gasteiger partial charge in [-0.15, -0.1) is 0 Å². The van der Waals surface area contributed by atoms with E-state index in [0.29, 0.717) is 0 Å². The summed E-state index contributed by atoms with van der Waals surface area (Å²) in [5.41, 5.74) is 0. The lowest BCUT2D eigenvalue weighted by Gasteiger charge is -2.02. The minimum Gasteiger partial charge on any atom is -0.497 e. The molecular weight excluding hydrogens is 183 g/mol. The van der Waals surface area contributed by atoms with Crippen molar-refractivity contribution in [2.45, 2.75) is 13.3 Å². The van der Waals surface area contributed by atoms with Crippen LogP contribution in [0, 0.1) is 0 Å². The van der Waals surface area contributed by atoms with E-state index in [1.807, 2.05) is 31.2 Å². The second-order valence-electron chi connectivity index (χ2n) is 2.90. The highest BCUT2D eigenvalue weighted by Gasteiger charge is 2.01. The first kappa shape index (κ1) is 10.3. The lowest BCUT2D eigenvalue weighted by atomic mass is 10.3. The molecule has 2 nitrogen and oxygen atoms in total. The first-order valence-corrected chi connectivity index (χ1v) is 6.06. The van der Waals surface area contributed by atoms with Crippen LogP contribution in [-0.4, -0.2) is 13.3 Å². The number of rotatable bonds is 4. The lowest BCUT2D eigenvalue weighted by molar-refractivity contribution is 0.415. The molecule has 0 bridgehead atoms. The normalized spacial score (nSPS) is 12.5. The monoisotopic (exact) mass is 198 g/mol. The summed E-state index contributed by atoms with van der Waals surface area (Å²) in [7, 11) is 0.0809. The van der Waals surface area contributed by atoms with E-state index in [1.165, 1.54) is 0 Å². The van der Waals surface area contributed by atoms with Crippen molar-refractivity contribution in [3.63, 3.8) is 0 Å². The fourth-order valence-corrected chi connectivity index (χ4v) is 2.43. The van der Waals surface area contributed by atoms with Crippen LogP contribution in [0.15, 0.2) is 24.3 Å². The van der Waals surface area contributed by atoms with Gasteiger partial charge in [0, 0.05) is 11.5 Å². The van der Waals surface area contributed by atoms with Crippen molar-refractivity contribution in [1.29, 1.82) is 0 Å². The Morgan fingerprint density at radius 3 is 2.38 bits per heavy atom. The maximum atomic E-state index is 11.6. The van der Waals surface area contributed by atoms with Crippen LogP contribution in [0.5, 0.6) is 5.75 Å². The van der Waals surface area contributed by atoms with Gasteiger partial charge in [-0.1, -0.05) is 6.92 Å². The Morgan fingerprint density at radius 2 is 1.92 bits per heavy atom. The zero-order valence-electron chi connectivity index (χ0n) is 8.04. The van der Waals surface area contributed by atoms with E-state index in [9.17, 15) is 4.57 Å². The van der Waals surface area contributed by atoms with Gasteiger partial charge in [-0.2, -0.15) is 0 Å². The van der Waals surface area contributed by atoms with Crippen LogP contribution in [0.2, 0.25) is 0 Å². The van der Waals surface area contributed by atoms with Gasteiger partial charge >= 0.3 is 0 Å². The summed E-state index contributed by atoms with van der Waals surface area (Å²) >= 11 is 0. The van der Waals surface area contributed by atoms with Gasteiger partial charge in [-0.3, -0.25) is 0 Å². The maximum absolute atomic E-state index is 11.6. The number of benzene rings is 1. The Bertz CT molecular complexity index is 279. The van der Waals surface area contributed by atoms with Crippen LogP contribution < -0.4 is 10.0 Å². The lowest BCUT2D eigenvalue weighted by Crippen LogP contribution is -1.97. The first-order chi connectivity index (χ1) is 6.27. The molecule has 0 aliphatic rings. The van der Waals surface area contributed by atoms with Crippen LogP contribution in [0.4, 0.5) is 0 Å². The molecule has 0 heterocycles. The smallest absolute Gasteiger partial charge is 0.118 e. The van der Waals surface area contributed by atoms with E-state index in [4.69, 9.17) is 4.74 Å². The molecule has 0 N–H and O–H groups in total. The predicted molar refractivity (Wildman–Crippen MR) is 56.8 cm³/mol. The Morgan fingerprint density at radius 1 is 1.31 bits per heavy atom. The van der Waals surface area contributed by atoms with Crippen molar-refractivity contribution in [2.24, 2.45) is 0 Å². The molecule has 0 aliphatic heterocycles. The Hall–Kier alpha value is -0.750. The molecule has 1 aromatic rings. The molecule has 0 aromatic heterocycles. The van der Waals surface area contributed by atoms with Gasteiger partial charge in [0.2, 0.25) is 0 Å². The second-order valence-corrected chi connectivity index (χ2v) is 4.83. The highest BCUT2D eigenvalue weighted by atomic mass is 31.1. The van der Waals surface area contributed by atoms with Crippen LogP contribution in [0.3, 0.4) is 0 Å². The van der Waals surface area contributed by atoms with Crippen molar-refractivity contribution in [2.75, 3.05) is 13.3 Å². The summed E-state index contributed by atoms with van der Waals surface area (Å²) in [5.74, 6) is 0.815. The van der Waals surface area contributed by atoms with E-state index < -0.39 is 7.80 Å². The summed E-state index contributed by atoms with van der Waals surface area (Å²) in [5, 5.41) is 0.952. The quantitative estimate of drug-likeness (QED) is 0.694. The molecule has 13 heavy (non-hydrogen) atoms.